The van der Waals surface area contributed by atoms with E-state index in [0.29, 0.717) is 18.1 Å². The van der Waals surface area contributed by atoms with Gasteiger partial charge in [0, 0.05) is 6.07 Å². The molecule has 0 bridgehead atoms. The Kier molecular flexibility index (Phi) is 4.60. The van der Waals surface area contributed by atoms with E-state index in [-0.39, 0.29) is 5.91 Å². The van der Waals surface area contributed by atoms with E-state index >= 15 is 0 Å². The highest BCUT2D eigenvalue weighted by Crippen LogP contribution is 2.20. The van der Waals surface area contributed by atoms with Crippen molar-refractivity contribution in [2.24, 2.45) is 5.84 Å². The van der Waals surface area contributed by atoms with E-state index in [2.05, 4.69) is 0 Å². The first-order chi connectivity index (χ1) is 7.67. The first kappa shape index (κ1) is 12.3. The third kappa shape index (κ3) is 3.43. The second-order valence-electron chi connectivity index (χ2n) is 3.18. The zero-order valence-electron chi connectivity index (χ0n) is 9.40. The van der Waals surface area contributed by atoms with Crippen molar-refractivity contribution >= 4 is 5.91 Å². The maximum atomic E-state index is 11.1. The molecule has 0 aliphatic heterocycles. The molecule has 0 saturated carbocycles. The molecule has 0 fully saturated rings. The van der Waals surface area contributed by atoms with Crippen LogP contribution in [-0.4, -0.2) is 18.6 Å². The number of carbonyl (C=O) groups excluding carboxylic acids is 1. The zero-order valence-corrected chi connectivity index (χ0v) is 9.40. The fraction of sp³-hybridized carbons (Fsp3) is 0.364. The first-order valence-corrected chi connectivity index (χ1v) is 5.07. The van der Waals surface area contributed by atoms with Crippen molar-refractivity contribution in [3.05, 3.63) is 24.3 Å². The van der Waals surface area contributed by atoms with Gasteiger partial charge in [-0.25, -0.2) is 5.84 Å². The van der Waals surface area contributed by atoms with Crippen LogP contribution >= 0.6 is 0 Å². The van der Waals surface area contributed by atoms with Crippen molar-refractivity contribution in [1.29, 1.82) is 0 Å². The maximum Gasteiger partial charge on any atom is 0.274 e. The molecule has 1 aromatic carbocycles. The van der Waals surface area contributed by atoms with Crippen LogP contribution in [0.25, 0.3) is 0 Å². The first-order valence-electron chi connectivity index (χ1n) is 5.07. The van der Waals surface area contributed by atoms with Crippen molar-refractivity contribution in [3.63, 3.8) is 0 Å². The summed E-state index contributed by atoms with van der Waals surface area (Å²) >= 11 is 0. The van der Waals surface area contributed by atoms with Crippen molar-refractivity contribution in [2.75, 3.05) is 6.61 Å². The number of hydrogen-bond donors (Lipinski definition) is 2. The summed E-state index contributed by atoms with van der Waals surface area (Å²) in [5.74, 6) is 5.91. The van der Waals surface area contributed by atoms with Gasteiger partial charge in [0.05, 0.1) is 6.61 Å². The number of nitrogens with one attached hydrogen (secondary N) is 1. The molecule has 1 aromatic rings. The number of hydrazine groups is 1. The van der Waals surface area contributed by atoms with Gasteiger partial charge in [-0.15, -0.1) is 0 Å². The highest BCUT2D eigenvalue weighted by Gasteiger charge is 2.12. The quantitative estimate of drug-likeness (QED) is 0.441. The number of hydrogen-bond acceptors (Lipinski definition) is 4. The van der Waals surface area contributed by atoms with Gasteiger partial charge in [-0.2, -0.15) is 0 Å². The van der Waals surface area contributed by atoms with Gasteiger partial charge in [-0.05, 0) is 26.0 Å². The molecular formula is C11H16N2O3. The fourth-order valence-corrected chi connectivity index (χ4v) is 1.18. The Balaban J connectivity index is 2.66. The lowest BCUT2D eigenvalue weighted by Crippen LogP contribution is -2.40. The van der Waals surface area contributed by atoms with Gasteiger partial charge in [0.25, 0.3) is 5.91 Å². The van der Waals surface area contributed by atoms with E-state index in [1.54, 1.807) is 25.1 Å². The third-order valence-corrected chi connectivity index (χ3v) is 1.94. The molecule has 0 saturated heterocycles. The highest BCUT2D eigenvalue weighted by molar-refractivity contribution is 5.80. The fourth-order valence-electron chi connectivity index (χ4n) is 1.18. The monoisotopic (exact) mass is 224 g/mol. The Morgan fingerprint density at radius 2 is 2.19 bits per heavy atom. The number of carbonyl (C=O) groups is 1. The van der Waals surface area contributed by atoms with Gasteiger partial charge in [0.2, 0.25) is 0 Å². The molecule has 0 heterocycles. The lowest BCUT2D eigenvalue weighted by atomic mass is 10.3. The van der Waals surface area contributed by atoms with Gasteiger partial charge in [0.15, 0.2) is 6.10 Å². The number of nitrogens with two attached hydrogens (primary N) is 1. The number of amides is 1. The van der Waals surface area contributed by atoms with Crippen LogP contribution in [0.2, 0.25) is 0 Å². The van der Waals surface area contributed by atoms with Crippen LogP contribution in [0.4, 0.5) is 0 Å². The van der Waals surface area contributed by atoms with Crippen LogP contribution in [0.15, 0.2) is 24.3 Å². The summed E-state index contributed by atoms with van der Waals surface area (Å²) in [6, 6.07) is 7.10. The van der Waals surface area contributed by atoms with Crippen molar-refractivity contribution in [3.8, 4) is 11.5 Å². The van der Waals surface area contributed by atoms with Crippen molar-refractivity contribution < 1.29 is 14.3 Å². The molecule has 1 amide bonds. The van der Waals surface area contributed by atoms with Crippen LogP contribution < -0.4 is 20.7 Å². The van der Waals surface area contributed by atoms with Crippen molar-refractivity contribution in [1.82, 2.24) is 5.43 Å². The summed E-state index contributed by atoms with van der Waals surface area (Å²) in [4.78, 5) is 11.1. The number of ether oxygens (including phenoxy) is 2. The summed E-state index contributed by atoms with van der Waals surface area (Å²) < 4.78 is 10.7. The third-order valence-electron chi connectivity index (χ3n) is 1.94. The predicted octanol–water partition coefficient (Wildman–Crippen LogP) is 0.842. The summed E-state index contributed by atoms with van der Waals surface area (Å²) in [5, 5.41) is 0. The second kappa shape index (κ2) is 5.97. The van der Waals surface area contributed by atoms with Gasteiger partial charge in [0.1, 0.15) is 11.5 Å². The minimum absolute atomic E-state index is 0.373. The largest absolute Gasteiger partial charge is 0.494 e. The molecule has 1 unspecified atom stereocenters. The SMILES string of the molecule is CCOc1cccc(OC(C)C(=O)NN)c1. The van der Waals surface area contributed by atoms with Gasteiger partial charge >= 0.3 is 0 Å². The molecule has 0 aromatic heterocycles. The molecule has 5 nitrogen and oxygen atoms in total. The molecule has 0 spiro atoms. The average molecular weight is 224 g/mol. The molecule has 0 aliphatic rings. The van der Waals surface area contributed by atoms with E-state index in [4.69, 9.17) is 15.3 Å². The number of rotatable bonds is 5. The summed E-state index contributed by atoms with van der Waals surface area (Å²) in [6.07, 6.45) is -0.637. The molecule has 5 heteroatoms. The molecule has 0 radical (unpaired) electrons. The van der Waals surface area contributed by atoms with Crippen LogP contribution in [0.5, 0.6) is 11.5 Å². The summed E-state index contributed by atoms with van der Waals surface area (Å²) in [5.41, 5.74) is 2.03. The maximum absolute atomic E-state index is 11.1. The topological polar surface area (TPSA) is 73.6 Å². The molecule has 3 N–H and O–H groups in total. The molecule has 1 atom stereocenters. The summed E-state index contributed by atoms with van der Waals surface area (Å²) in [6.45, 7) is 4.11. The second-order valence-corrected chi connectivity index (χ2v) is 3.18. The Hall–Kier alpha value is -1.75. The normalized spacial score (nSPS) is 11.7. The Morgan fingerprint density at radius 3 is 2.81 bits per heavy atom. The molecule has 0 aliphatic carbocycles. The smallest absolute Gasteiger partial charge is 0.274 e. The molecule has 16 heavy (non-hydrogen) atoms. The summed E-state index contributed by atoms with van der Waals surface area (Å²) in [7, 11) is 0. The van der Waals surface area contributed by atoms with E-state index in [0.717, 1.165) is 0 Å². The van der Waals surface area contributed by atoms with Gasteiger partial charge in [-0.3, -0.25) is 10.2 Å². The lowest BCUT2D eigenvalue weighted by molar-refractivity contribution is -0.127. The molecular weight excluding hydrogens is 208 g/mol. The van der Waals surface area contributed by atoms with Crippen LogP contribution in [0.3, 0.4) is 0 Å². The van der Waals surface area contributed by atoms with Crippen LogP contribution in [-0.2, 0) is 4.79 Å². The van der Waals surface area contributed by atoms with E-state index in [1.807, 2.05) is 18.4 Å². The lowest BCUT2D eigenvalue weighted by Gasteiger charge is -2.13. The highest BCUT2D eigenvalue weighted by atomic mass is 16.5. The number of benzene rings is 1. The average Bonchev–Trinajstić information content (AvgIpc) is 2.29. The predicted molar refractivity (Wildman–Crippen MR) is 60.0 cm³/mol. The van der Waals surface area contributed by atoms with Gasteiger partial charge < -0.3 is 9.47 Å². The minimum atomic E-state index is -0.637. The van der Waals surface area contributed by atoms with E-state index in [9.17, 15) is 4.79 Å². The van der Waals surface area contributed by atoms with E-state index < -0.39 is 6.10 Å². The standard InChI is InChI=1S/C11H16N2O3/c1-3-15-9-5-4-6-10(7-9)16-8(2)11(14)13-12/h4-8H,3,12H2,1-2H3,(H,13,14). The molecule has 88 valence electrons. The Bertz CT molecular complexity index is 355. The van der Waals surface area contributed by atoms with Crippen molar-refractivity contribution in [2.45, 2.75) is 20.0 Å². The van der Waals surface area contributed by atoms with E-state index in [1.165, 1.54) is 0 Å². The Morgan fingerprint density at radius 1 is 1.50 bits per heavy atom. The Labute approximate surface area is 94.5 Å². The van der Waals surface area contributed by atoms with Gasteiger partial charge in [-0.1, -0.05) is 6.07 Å². The van der Waals surface area contributed by atoms with Crippen LogP contribution in [0, 0.1) is 0 Å². The van der Waals surface area contributed by atoms with Crippen LogP contribution in [0.1, 0.15) is 13.8 Å². The minimum Gasteiger partial charge on any atom is -0.494 e. The zero-order chi connectivity index (χ0) is 12.0. The molecule has 1 rings (SSSR count).